The van der Waals surface area contributed by atoms with Crippen molar-refractivity contribution >= 4 is 43.2 Å². The minimum Gasteiger partial charge on any atom is -0.323 e. The predicted octanol–water partition coefficient (Wildman–Crippen LogP) is 4.40. The molecule has 0 unspecified atom stereocenters. The third-order valence-corrected chi connectivity index (χ3v) is 6.92. The third-order valence-electron chi connectivity index (χ3n) is 4.41. The first-order valence-electron chi connectivity index (χ1n) is 8.34. The van der Waals surface area contributed by atoms with E-state index in [2.05, 4.69) is 21.2 Å². The van der Waals surface area contributed by atoms with Crippen LogP contribution in [0.15, 0.2) is 76.1 Å². The Bertz CT molecular complexity index is 1200. The Hall–Kier alpha value is -2.71. The molecule has 0 aliphatic carbocycles. The molecule has 5 nitrogen and oxygen atoms in total. The van der Waals surface area contributed by atoms with Gasteiger partial charge in [0.2, 0.25) is 5.91 Å². The Balaban J connectivity index is 1.75. The molecule has 0 bridgehead atoms. The van der Waals surface area contributed by atoms with Gasteiger partial charge in [0.05, 0.1) is 16.3 Å². The van der Waals surface area contributed by atoms with Gasteiger partial charge in [-0.05, 0) is 52.3 Å². The van der Waals surface area contributed by atoms with E-state index >= 15 is 0 Å². The number of halogens is 2. The lowest BCUT2D eigenvalue weighted by atomic mass is 10.0. The van der Waals surface area contributed by atoms with Crippen LogP contribution in [0.2, 0.25) is 0 Å². The monoisotopic (exact) mass is 460 g/mol. The van der Waals surface area contributed by atoms with Crippen molar-refractivity contribution in [2.45, 2.75) is 4.90 Å². The van der Waals surface area contributed by atoms with E-state index in [4.69, 9.17) is 0 Å². The zero-order valence-electron chi connectivity index (χ0n) is 14.4. The fourth-order valence-electron chi connectivity index (χ4n) is 3.16. The molecule has 1 N–H and O–H groups in total. The quantitative estimate of drug-likeness (QED) is 0.629. The molecule has 0 fully saturated rings. The maximum absolute atomic E-state index is 13.9. The molecule has 1 heterocycles. The zero-order chi connectivity index (χ0) is 19.9. The van der Waals surface area contributed by atoms with Gasteiger partial charge in [0.1, 0.15) is 12.4 Å². The summed E-state index contributed by atoms with van der Waals surface area (Å²) in [5.41, 5.74) is 1.64. The lowest BCUT2D eigenvalue weighted by Gasteiger charge is -2.31. The molecule has 1 aliphatic heterocycles. The lowest BCUT2D eigenvalue weighted by molar-refractivity contribution is -0.114. The minimum atomic E-state index is -3.97. The first-order chi connectivity index (χ1) is 13.4. The van der Waals surface area contributed by atoms with Crippen LogP contribution in [0.5, 0.6) is 0 Å². The number of hydrogen-bond donors (Lipinski definition) is 1. The lowest BCUT2D eigenvalue weighted by Crippen LogP contribution is -2.40. The molecule has 28 heavy (non-hydrogen) atoms. The Morgan fingerprint density at radius 3 is 2.50 bits per heavy atom. The summed E-state index contributed by atoms with van der Waals surface area (Å²) >= 11 is 3.34. The molecule has 0 saturated heterocycles. The molecule has 0 saturated carbocycles. The summed E-state index contributed by atoms with van der Waals surface area (Å²) in [6, 6.07) is 17.2. The second-order valence-corrected chi connectivity index (χ2v) is 8.88. The van der Waals surface area contributed by atoms with Crippen molar-refractivity contribution in [1.82, 2.24) is 0 Å². The van der Waals surface area contributed by atoms with E-state index in [1.165, 1.54) is 24.3 Å². The average Bonchev–Trinajstić information content (AvgIpc) is 2.67. The van der Waals surface area contributed by atoms with Gasteiger partial charge in [-0.15, -0.1) is 0 Å². The maximum Gasteiger partial charge on any atom is 0.265 e. The van der Waals surface area contributed by atoms with E-state index in [0.717, 1.165) is 4.31 Å². The molecule has 1 aliphatic rings. The van der Waals surface area contributed by atoms with Crippen LogP contribution in [0.3, 0.4) is 0 Å². The standard InChI is InChI=1S/C20H14BrFN2O3S/c21-16-6-2-3-7-17(16)23-20(25)12-24-18-10-9-13(22)11-15(18)14-5-1-4-8-19(14)28(24,26)27/h1-11H,12H2,(H,23,25). The number of carbonyl (C=O) groups is 1. The van der Waals surface area contributed by atoms with Crippen LogP contribution in [-0.4, -0.2) is 20.9 Å². The number of nitrogens with one attached hydrogen (secondary N) is 1. The average molecular weight is 461 g/mol. The molecule has 0 atom stereocenters. The molecular weight excluding hydrogens is 447 g/mol. The number of amides is 1. The van der Waals surface area contributed by atoms with E-state index in [9.17, 15) is 17.6 Å². The van der Waals surface area contributed by atoms with Crippen LogP contribution in [0, 0.1) is 5.82 Å². The van der Waals surface area contributed by atoms with Gasteiger partial charge in [0.25, 0.3) is 10.0 Å². The highest BCUT2D eigenvalue weighted by Gasteiger charge is 2.36. The van der Waals surface area contributed by atoms with Crippen molar-refractivity contribution in [3.05, 3.63) is 77.0 Å². The summed E-state index contributed by atoms with van der Waals surface area (Å²) < 4.78 is 41.8. The summed E-state index contributed by atoms with van der Waals surface area (Å²) in [5, 5.41) is 2.70. The summed E-state index contributed by atoms with van der Waals surface area (Å²) in [6.07, 6.45) is 0. The van der Waals surface area contributed by atoms with Gasteiger partial charge >= 0.3 is 0 Å². The maximum atomic E-state index is 13.9. The van der Waals surface area contributed by atoms with Gasteiger partial charge < -0.3 is 5.32 Å². The molecule has 142 valence electrons. The first kappa shape index (κ1) is 18.6. The van der Waals surface area contributed by atoms with Gasteiger partial charge in [-0.1, -0.05) is 30.3 Å². The Labute approximate surface area is 170 Å². The molecule has 4 rings (SSSR count). The highest BCUT2D eigenvalue weighted by atomic mass is 79.9. The second-order valence-electron chi connectivity index (χ2n) is 6.20. The van der Waals surface area contributed by atoms with Gasteiger partial charge in [-0.3, -0.25) is 9.10 Å². The van der Waals surface area contributed by atoms with E-state index in [1.807, 2.05) is 0 Å². The van der Waals surface area contributed by atoms with Gasteiger partial charge in [-0.25, -0.2) is 12.8 Å². The smallest absolute Gasteiger partial charge is 0.265 e. The summed E-state index contributed by atoms with van der Waals surface area (Å²) in [4.78, 5) is 12.6. The normalized spacial score (nSPS) is 14.1. The highest BCUT2D eigenvalue weighted by molar-refractivity contribution is 9.10. The number of fused-ring (bicyclic) bond motifs is 3. The fraction of sp³-hybridized carbons (Fsp3) is 0.0500. The Morgan fingerprint density at radius 2 is 1.71 bits per heavy atom. The summed E-state index contributed by atoms with van der Waals surface area (Å²) in [6.45, 7) is -0.434. The number of carbonyl (C=O) groups excluding carboxylic acids is 1. The van der Waals surface area contributed by atoms with Crippen molar-refractivity contribution in [2.24, 2.45) is 0 Å². The van der Waals surface area contributed by atoms with Crippen molar-refractivity contribution in [3.8, 4) is 11.1 Å². The summed E-state index contributed by atoms with van der Waals surface area (Å²) in [5.74, 6) is -0.990. The van der Waals surface area contributed by atoms with Crippen LogP contribution in [0.1, 0.15) is 0 Å². The van der Waals surface area contributed by atoms with E-state index in [1.54, 1.807) is 42.5 Å². The summed E-state index contributed by atoms with van der Waals surface area (Å²) in [7, 11) is -3.97. The highest BCUT2D eigenvalue weighted by Crippen LogP contribution is 2.43. The molecule has 0 radical (unpaired) electrons. The third kappa shape index (κ3) is 3.18. The Morgan fingerprint density at radius 1 is 1.00 bits per heavy atom. The molecular formula is C20H14BrFN2O3S. The fourth-order valence-corrected chi connectivity index (χ4v) is 5.19. The zero-order valence-corrected chi connectivity index (χ0v) is 16.8. The minimum absolute atomic E-state index is 0.0433. The van der Waals surface area contributed by atoms with Crippen LogP contribution >= 0.6 is 15.9 Å². The van der Waals surface area contributed by atoms with Crippen molar-refractivity contribution < 1.29 is 17.6 Å². The van der Waals surface area contributed by atoms with E-state index in [-0.39, 0.29) is 10.6 Å². The second kappa shape index (κ2) is 7.03. The number of hydrogen-bond acceptors (Lipinski definition) is 3. The van der Waals surface area contributed by atoms with Crippen LogP contribution in [0.25, 0.3) is 11.1 Å². The number of sulfonamides is 1. The van der Waals surface area contributed by atoms with Gasteiger partial charge in [0, 0.05) is 15.6 Å². The number of anilines is 2. The van der Waals surface area contributed by atoms with Crippen molar-refractivity contribution in [3.63, 3.8) is 0 Å². The molecule has 3 aromatic carbocycles. The predicted molar refractivity (Wildman–Crippen MR) is 109 cm³/mol. The molecule has 1 amide bonds. The number of para-hydroxylation sites is 1. The van der Waals surface area contributed by atoms with Crippen molar-refractivity contribution in [2.75, 3.05) is 16.2 Å². The SMILES string of the molecule is O=C(CN1c2ccc(F)cc2-c2ccccc2S1(=O)=O)Nc1ccccc1Br. The molecule has 0 aromatic heterocycles. The van der Waals surface area contributed by atoms with Crippen LogP contribution in [0.4, 0.5) is 15.8 Å². The van der Waals surface area contributed by atoms with Crippen LogP contribution in [-0.2, 0) is 14.8 Å². The largest absolute Gasteiger partial charge is 0.323 e. The number of rotatable bonds is 3. The van der Waals surface area contributed by atoms with E-state index in [0.29, 0.717) is 21.3 Å². The van der Waals surface area contributed by atoms with Gasteiger partial charge in [-0.2, -0.15) is 0 Å². The molecule has 3 aromatic rings. The Kier molecular flexibility index (Phi) is 4.68. The van der Waals surface area contributed by atoms with E-state index < -0.39 is 28.3 Å². The first-order valence-corrected chi connectivity index (χ1v) is 10.6. The number of nitrogens with zero attached hydrogens (tertiary/aromatic N) is 1. The van der Waals surface area contributed by atoms with Crippen molar-refractivity contribution in [1.29, 1.82) is 0 Å². The molecule has 8 heteroatoms. The van der Waals surface area contributed by atoms with Gasteiger partial charge in [0.15, 0.2) is 0 Å². The number of benzene rings is 3. The topological polar surface area (TPSA) is 66.5 Å². The molecule has 0 spiro atoms. The van der Waals surface area contributed by atoms with Crippen LogP contribution < -0.4 is 9.62 Å².